The van der Waals surface area contributed by atoms with E-state index in [0.717, 1.165) is 12.0 Å². The third-order valence-corrected chi connectivity index (χ3v) is 3.44. The number of rotatable bonds is 5. The van der Waals surface area contributed by atoms with E-state index in [9.17, 15) is 14.0 Å². The van der Waals surface area contributed by atoms with Crippen LogP contribution in [0.2, 0.25) is 0 Å². The normalized spacial score (nSPS) is 14.4. The second-order valence-corrected chi connectivity index (χ2v) is 6.74. The number of carbonyl (C=O) groups is 2. The molecule has 1 aliphatic heterocycles. The average Bonchev–Trinajstić information content (AvgIpc) is 2.54. The van der Waals surface area contributed by atoms with Gasteiger partial charge in [-0.25, -0.2) is 9.18 Å². The van der Waals surface area contributed by atoms with Crippen molar-refractivity contribution in [3.05, 3.63) is 41.2 Å². The summed E-state index contributed by atoms with van der Waals surface area (Å²) in [7, 11) is 0. The third-order valence-electron chi connectivity index (χ3n) is 3.44. The van der Waals surface area contributed by atoms with Gasteiger partial charge in [0.05, 0.1) is 6.33 Å². The van der Waals surface area contributed by atoms with Crippen molar-refractivity contribution in [1.29, 1.82) is 0 Å². The number of ether oxygens (including phenoxy) is 2. The Balaban J connectivity index is 1.88. The standard InChI is InChI=1S/C18H23FN2O4/c1-18(2,3)25-17(23)21-10-12(9-19)11-24-14-5-4-13-6-7-20-16(22)15(13)8-14/h4-5,8-9H,6-7,10-11H2,1-3H3,(H,20,22)(H,21,23)/b12-9+. The van der Waals surface area contributed by atoms with E-state index in [1.54, 1.807) is 32.9 Å². The lowest BCUT2D eigenvalue weighted by Crippen LogP contribution is -2.34. The van der Waals surface area contributed by atoms with E-state index in [1.807, 2.05) is 6.07 Å². The van der Waals surface area contributed by atoms with Crippen LogP contribution in [0.3, 0.4) is 0 Å². The summed E-state index contributed by atoms with van der Waals surface area (Å²) in [5.74, 6) is 0.326. The van der Waals surface area contributed by atoms with Crippen LogP contribution in [0.5, 0.6) is 5.75 Å². The van der Waals surface area contributed by atoms with Gasteiger partial charge in [0.2, 0.25) is 0 Å². The molecule has 7 heteroatoms. The Kier molecular flexibility index (Phi) is 6.01. The number of amides is 2. The van der Waals surface area contributed by atoms with Gasteiger partial charge in [-0.05, 0) is 44.9 Å². The molecule has 0 radical (unpaired) electrons. The van der Waals surface area contributed by atoms with Gasteiger partial charge in [-0.15, -0.1) is 0 Å². The molecule has 0 aromatic heterocycles. The van der Waals surface area contributed by atoms with Crippen LogP contribution < -0.4 is 15.4 Å². The van der Waals surface area contributed by atoms with Crippen LogP contribution in [0.15, 0.2) is 30.1 Å². The topological polar surface area (TPSA) is 76.7 Å². The zero-order valence-corrected chi connectivity index (χ0v) is 14.6. The van der Waals surface area contributed by atoms with Gasteiger partial charge in [0, 0.05) is 24.2 Å². The van der Waals surface area contributed by atoms with Crippen molar-refractivity contribution in [2.45, 2.75) is 32.8 Å². The number of halogens is 1. The Morgan fingerprint density at radius 2 is 2.16 bits per heavy atom. The van der Waals surface area contributed by atoms with Crippen LogP contribution in [0, 0.1) is 0 Å². The first-order valence-electron chi connectivity index (χ1n) is 8.07. The molecule has 2 amide bonds. The second kappa shape index (κ2) is 8.00. The molecule has 2 rings (SSSR count). The number of carbonyl (C=O) groups excluding carboxylic acids is 2. The van der Waals surface area contributed by atoms with Crippen molar-refractivity contribution in [2.75, 3.05) is 19.7 Å². The Morgan fingerprint density at radius 3 is 2.84 bits per heavy atom. The molecule has 0 saturated heterocycles. The van der Waals surface area contributed by atoms with Crippen LogP contribution >= 0.6 is 0 Å². The van der Waals surface area contributed by atoms with Gasteiger partial charge in [0.1, 0.15) is 18.0 Å². The predicted octanol–water partition coefficient (Wildman–Crippen LogP) is 2.73. The van der Waals surface area contributed by atoms with E-state index in [1.165, 1.54) is 0 Å². The first-order valence-corrected chi connectivity index (χ1v) is 8.07. The van der Waals surface area contributed by atoms with E-state index in [4.69, 9.17) is 9.47 Å². The summed E-state index contributed by atoms with van der Waals surface area (Å²) in [5, 5.41) is 5.24. The molecule has 6 nitrogen and oxygen atoms in total. The van der Waals surface area contributed by atoms with Crippen molar-refractivity contribution in [1.82, 2.24) is 10.6 Å². The number of fused-ring (bicyclic) bond motifs is 1. The number of hydrogen-bond donors (Lipinski definition) is 2. The molecule has 0 fully saturated rings. The molecule has 0 atom stereocenters. The van der Waals surface area contributed by atoms with E-state index >= 15 is 0 Å². The van der Waals surface area contributed by atoms with Gasteiger partial charge in [-0.2, -0.15) is 0 Å². The zero-order valence-electron chi connectivity index (χ0n) is 14.6. The van der Waals surface area contributed by atoms with Crippen molar-refractivity contribution < 1.29 is 23.5 Å². The zero-order chi connectivity index (χ0) is 18.4. The van der Waals surface area contributed by atoms with Crippen LogP contribution in [0.1, 0.15) is 36.7 Å². The molecule has 0 aliphatic carbocycles. The summed E-state index contributed by atoms with van der Waals surface area (Å²) in [4.78, 5) is 23.4. The summed E-state index contributed by atoms with van der Waals surface area (Å²) < 4.78 is 23.6. The molecule has 0 bridgehead atoms. The highest BCUT2D eigenvalue weighted by molar-refractivity contribution is 5.97. The molecule has 2 N–H and O–H groups in total. The highest BCUT2D eigenvalue weighted by Crippen LogP contribution is 2.21. The fourth-order valence-electron chi connectivity index (χ4n) is 2.28. The Labute approximate surface area is 146 Å². The summed E-state index contributed by atoms with van der Waals surface area (Å²) >= 11 is 0. The summed E-state index contributed by atoms with van der Waals surface area (Å²) in [6.45, 7) is 5.77. The Morgan fingerprint density at radius 1 is 1.40 bits per heavy atom. The van der Waals surface area contributed by atoms with Crippen molar-refractivity contribution in [3.63, 3.8) is 0 Å². The van der Waals surface area contributed by atoms with Crippen molar-refractivity contribution in [3.8, 4) is 5.75 Å². The Bertz CT molecular complexity index is 680. The number of hydrogen-bond acceptors (Lipinski definition) is 4. The first-order chi connectivity index (χ1) is 11.8. The minimum atomic E-state index is -0.627. The van der Waals surface area contributed by atoms with Gasteiger partial charge in [0.25, 0.3) is 5.91 Å². The van der Waals surface area contributed by atoms with Gasteiger partial charge < -0.3 is 20.1 Å². The molecular formula is C18H23FN2O4. The average molecular weight is 350 g/mol. The molecular weight excluding hydrogens is 327 g/mol. The molecule has 0 unspecified atom stereocenters. The number of nitrogens with one attached hydrogen (secondary N) is 2. The lowest BCUT2D eigenvalue weighted by atomic mass is 10.0. The highest BCUT2D eigenvalue weighted by Gasteiger charge is 2.18. The predicted molar refractivity (Wildman–Crippen MR) is 91.4 cm³/mol. The molecule has 1 aliphatic rings. The molecule has 136 valence electrons. The second-order valence-electron chi connectivity index (χ2n) is 6.74. The van der Waals surface area contributed by atoms with E-state index in [-0.39, 0.29) is 24.6 Å². The fraction of sp³-hybridized carbons (Fsp3) is 0.444. The maximum atomic E-state index is 13.0. The molecule has 25 heavy (non-hydrogen) atoms. The van der Waals surface area contributed by atoms with Crippen LogP contribution in [0.4, 0.5) is 9.18 Å². The first kappa shape index (κ1) is 18.8. The fourth-order valence-corrected chi connectivity index (χ4v) is 2.28. The quantitative estimate of drug-likeness (QED) is 0.856. The maximum Gasteiger partial charge on any atom is 0.407 e. The highest BCUT2D eigenvalue weighted by atomic mass is 19.1. The molecule has 1 heterocycles. The minimum absolute atomic E-state index is 0.0309. The summed E-state index contributed by atoms with van der Waals surface area (Å²) in [6, 6.07) is 5.22. The molecule has 1 aromatic carbocycles. The van der Waals surface area contributed by atoms with E-state index in [0.29, 0.717) is 24.2 Å². The smallest absolute Gasteiger partial charge is 0.407 e. The largest absolute Gasteiger partial charge is 0.489 e. The van der Waals surface area contributed by atoms with Gasteiger partial charge >= 0.3 is 6.09 Å². The summed E-state index contributed by atoms with van der Waals surface area (Å²) in [6.07, 6.45) is 0.538. The number of benzene rings is 1. The molecule has 0 saturated carbocycles. The monoisotopic (exact) mass is 350 g/mol. The maximum absolute atomic E-state index is 13.0. The van der Waals surface area contributed by atoms with E-state index in [2.05, 4.69) is 10.6 Å². The SMILES string of the molecule is CC(C)(C)OC(=O)NC/C(=C\F)COc1ccc2c(c1)C(=O)NCC2. The van der Waals surface area contributed by atoms with Crippen LogP contribution in [-0.4, -0.2) is 37.3 Å². The van der Waals surface area contributed by atoms with Gasteiger partial charge in [-0.3, -0.25) is 4.79 Å². The summed E-state index contributed by atoms with van der Waals surface area (Å²) in [5.41, 5.74) is 1.16. The third kappa shape index (κ3) is 5.77. The molecule has 1 aromatic rings. The number of alkyl carbamates (subject to hydrolysis) is 1. The Hall–Kier alpha value is -2.57. The minimum Gasteiger partial charge on any atom is -0.489 e. The lowest BCUT2D eigenvalue weighted by Gasteiger charge is -2.20. The molecule has 0 spiro atoms. The van der Waals surface area contributed by atoms with E-state index < -0.39 is 11.7 Å². The van der Waals surface area contributed by atoms with Gasteiger partial charge in [0.15, 0.2) is 0 Å². The van der Waals surface area contributed by atoms with Crippen LogP contribution in [0.25, 0.3) is 0 Å². The van der Waals surface area contributed by atoms with Crippen molar-refractivity contribution >= 4 is 12.0 Å². The van der Waals surface area contributed by atoms with Gasteiger partial charge in [-0.1, -0.05) is 6.07 Å². The lowest BCUT2D eigenvalue weighted by molar-refractivity contribution is 0.0531. The van der Waals surface area contributed by atoms with Crippen LogP contribution in [-0.2, 0) is 11.2 Å². The van der Waals surface area contributed by atoms with Crippen molar-refractivity contribution in [2.24, 2.45) is 0 Å².